The Labute approximate surface area is 92.0 Å². The molecule has 1 N–H and O–H groups in total. The van der Waals surface area contributed by atoms with Crippen LogP contribution in [0, 0.1) is 5.92 Å². The lowest BCUT2D eigenvalue weighted by Crippen LogP contribution is -2.24. The minimum Gasteiger partial charge on any atom is -0.316 e. The molecule has 0 heterocycles. The number of nitrogens with one attached hydrogen (secondary N) is 1. The average molecular weight is 239 g/mol. The van der Waals surface area contributed by atoms with Crippen LogP contribution in [-0.2, 0) is 9.84 Å². The molecule has 0 aliphatic heterocycles. The zero-order valence-corrected chi connectivity index (χ0v) is 10.9. The van der Waals surface area contributed by atoms with E-state index >= 15 is 0 Å². The molecule has 3 nitrogen and oxygen atoms in total. The van der Waals surface area contributed by atoms with Gasteiger partial charge in [0.2, 0.25) is 0 Å². The topological polar surface area (TPSA) is 46.2 Å². The van der Waals surface area contributed by atoms with E-state index < -0.39 is 9.84 Å². The van der Waals surface area contributed by atoms with Gasteiger partial charge in [0.05, 0.1) is 5.75 Å². The monoisotopic (exact) mass is 239 g/mol. The van der Waals surface area contributed by atoms with Gasteiger partial charge < -0.3 is 5.32 Å². The largest absolute Gasteiger partial charge is 0.316 e. The molecule has 0 aliphatic carbocycles. The summed E-state index contributed by atoms with van der Waals surface area (Å²) in [6.07, 6.45) is 4.09. The van der Waals surface area contributed by atoms with Crippen molar-refractivity contribution in [2.75, 3.05) is 37.1 Å². The third kappa shape index (κ3) is 10.3. The first-order valence-corrected chi connectivity index (χ1v) is 8.28. The van der Waals surface area contributed by atoms with Gasteiger partial charge in [0.1, 0.15) is 9.84 Å². The van der Waals surface area contributed by atoms with Crippen molar-refractivity contribution in [2.45, 2.75) is 13.3 Å². The molecule has 5 heteroatoms. The van der Waals surface area contributed by atoms with Gasteiger partial charge in [-0.15, -0.1) is 0 Å². The summed E-state index contributed by atoms with van der Waals surface area (Å²) in [5, 5.41) is 3.26. The van der Waals surface area contributed by atoms with Crippen molar-refractivity contribution in [1.82, 2.24) is 5.32 Å². The second kappa shape index (κ2) is 7.54. The summed E-state index contributed by atoms with van der Waals surface area (Å²) in [6.45, 7) is 3.97. The number of hydrogen-bond acceptors (Lipinski definition) is 4. The van der Waals surface area contributed by atoms with E-state index in [9.17, 15) is 8.42 Å². The molecule has 0 spiro atoms. The summed E-state index contributed by atoms with van der Waals surface area (Å²) in [7, 11) is -2.78. The molecule has 0 saturated heterocycles. The zero-order valence-electron chi connectivity index (χ0n) is 9.25. The van der Waals surface area contributed by atoms with Crippen LogP contribution in [0.5, 0.6) is 0 Å². The zero-order chi connectivity index (χ0) is 11.0. The highest BCUT2D eigenvalue weighted by atomic mass is 32.2. The molecule has 0 rings (SSSR count). The molecular formula is C9H21NO2S2. The van der Waals surface area contributed by atoms with Gasteiger partial charge in [-0.2, -0.15) is 11.8 Å². The maximum Gasteiger partial charge on any atom is 0.147 e. The number of rotatable bonds is 8. The van der Waals surface area contributed by atoms with Crippen molar-refractivity contribution < 1.29 is 8.42 Å². The Morgan fingerprint density at radius 1 is 1.43 bits per heavy atom. The Kier molecular flexibility index (Phi) is 7.68. The highest BCUT2D eigenvalue weighted by Crippen LogP contribution is 2.02. The number of hydrogen-bond donors (Lipinski definition) is 1. The van der Waals surface area contributed by atoms with Gasteiger partial charge in [0.25, 0.3) is 0 Å². The molecule has 1 unspecified atom stereocenters. The standard InChI is InChI=1S/C9H21NO2S2/c1-9(8-13-2)7-10-5-4-6-14(3,11)12/h9-10H,4-8H2,1-3H3. The summed E-state index contributed by atoms with van der Waals surface area (Å²) in [5.74, 6) is 2.10. The molecule has 86 valence electrons. The normalized spacial score (nSPS) is 14.2. The molecule has 0 fully saturated rings. The minimum absolute atomic E-state index is 0.289. The summed E-state index contributed by atoms with van der Waals surface area (Å²) in [4.78, 5) is 0. The van der Waals surface area contributed by atoms with E-state index in [1.54, 1.807) is 0 Å². The van der Waals surface area contributed by atoms with E-state index in [4.69, 9.17) is 0 Å². The lowest BCUT2D eigenvalue weighted by Gasteiger charge is -2.10. The van der Waals surface area contributed by atoms with Crippen LogP contribution in [0.3, 0.4) is 0 Å². The van der Waals surface area contributed by atoms with Crippen LogP contribution in [0.15, 0.2) is 0 Å². The average Bonchev–Trinajstić information content (AvgIpc) is 2.02. The maximum atomic E-state index is 10.8. The van der Waals surface area contributed by atoms with Gasteiger partial charge in [-0.25, -0.2) is 8.42 Å². The van der Waals surface area contributed by atoms with Crippen LogP contribution in [0.2, 0.25) is 0 Å². The van der Waals surface area contributed by atoms with E-state index in [1.165, 1.54) is 6.26 Å². The highest BCUT2D eigenvalue weighted by molar-refractivity contribution is 7.98. The first-order chi connectivity index (χ1) is 6.45. The fourth-order valence-corrected chi connectivity index (χ4v) is 2.51. The lowest BCUT2D eigenvalue weighted by molar-refractivity contribution is 0.553. The quantitative estimate of drug-likeness (QED) is 0.642. The second-order valence-electron chi connectivity index (χ2n) is 3.75. The summed E-state index contributed by atoms with van der Waals surface area (Å²) in [5.41, 5.74) is 0. The molecule has 0 aromatic rings. The van der Waals surface area contributed by atoms with Gasteiger partial charge in [0.15, 0.2) is 0 Å². The predicted octanol–water partition coefficient (Wildman–Crippen LogP) is 1.01. The van der Waals surface area contributed by atoms with E-state index in [1.807, 2.05) is 11.8 Å². The lowest BCUT2D eigenvalue weighted by atomic mass is 10.2. The minimum atomic E-state index is -2.78. The van der Waals surface area contributed by atoms with E-state index in [0.717, 1.165) is 18.8 Å². The van der Waals surface area contributed by atoms with Crippen molar-refractivity contribution in [3.8, 4) is 0 Å². The van der Waals surface area contributed by atoms with Gasteiger partial charge in [-0.3, -0.25) is 0 Å². The van der Waals surface area contributed by atoms with Crippen molar-refractivity contribution >= 4 is 21.6 Å². The first kappa shape index (κ1) is 14.3. The molecule has 1 atom stereocenters. The molecule has 0 bridgehead atoms. The highest BCUT2D eigenvalue weighted by Gasteiger charge is 2.02. The summed E-state index contributed by atoms with van der Waals surface area (Å²) in [6, 6.07) is 0. The van der Waals surface area contributed by atoms with Crippen molar-refractivity contribution in [3.63, 3.8) is 0 Å². The molecule has 0 radical (unpaired) electrons. The SMILES string of the molecule is CSCC(C)CNCCCS(C)(=O)=O. The van der Waals surface area contributed by atoms with Crippen LogP contribution in [-0.4, -0.2) is 45.5 Å². The first-order valence-electron chi connectivity index (χ1n) is 4.83. The van der Waals surface area contributed by atoms with E-state index in [-0.39, 0.29) is 5.75 Å². The van der Waals surface area contributed by atoms with Crippen molar-refractivity contribution in [3.05, 3.63) is 0 Å². The van der Waals surface area contributed by atoms with E-state index in [0.29, 0.717) is 12.3 Å². The molecule has 0 aliphatic rings. The maximum absolute atomic E-state index is 10.8. The fourth-order valence-electron chi connectivity index (χ4n) is 1.15. The molecule has 0 amide bonds. The fraction of sp³-hybridized carbons (Fsp3) is 1.00. The molecular weight excluding hydrogens is 218 g/mol. The Balaban J connectivity index is 3.30. The second-order valence-corrected chi connectivity index (χ2v) is 6.92. The summed E-state index contributed by atoms with van der Waals surface area (Å²) < 4.78 is 21.6. The van der Waals surface area contributed by atoms with Gasteiger partial charge >= 0.3 is 0 Å². The summed E-state index contributed by atoms with van der Waals surface area (Å²) >= 11 is 1.84. The Morgan fingerprint density at radius 2 is 2.07 bits per heavy atom. The third-order valence-corrected chi connectivity index (χ3v) is 3.75. The molecule has 0 aromatic heterocycles. The number of sulfone groups is 1. The van der Waals surface area contributed by atoms with Crippen LogP contribution in [0.1, 0.15) is 13.3 Å². The number of thioether (sulfide) groups is 1. The van der Waals surface area contributed by atoms with Crippen LogP contribution < -0.4 is 5.32 Å². The Morgan fingerprint density at radius 3 is 2.57 bits per heavy atom. The third-order valence-electron chi connectivity index (χ3n) is 1.81. The van der Waals surface area contributed by atoms with Gasteiger partial charge in [-0.1, -0.05) is 6.92 Å². The van der Waals surface area contributed by atoms with Crippen LogP contribution in [0.25, 0.3) is 0 Å². The predicted molar refractivity (Wildman–Crippen MR) is 64.7 cm³/mol. The van der Waals surface area contributed by atoms with Crippen LogP contribution >= 0.6 is 11.8 Å². The van der Waals surface area contributed by atoms with Crippen molar-refractivity contribution in [1.29, 1.82) is 0 Å². The van der Waals surface area contributed by atoms with Gasteiger partial charge in [-0.05, 0) is 37.4 Å². The molecule has 0 aromatic carbocycles. The molecule has 0 saturated carbocycles. The smallest absolute Gasteiger partial charge is 0.147 e. The Bertz CT molecular complexity index is 227. The molecule has 14 heavy (non-hydrogen) atoms. The van der Waals surface area contributed by atoms with Gasteiger partial charge in [0, 0.05) is 6.26 Å². The Hall–Kier alpha value is 0.260. The van der Waals surface area contributed by atoms with Crippen LogP contribution in [0.4, 0.5) is 0 Å². The van der Waals surface area contributed by atoms with Crippen molar-refractivity contribution in [2.24, 2.45) is 5.92 Å². The van der Waals surface area contributed by atoms with E-state index in [2.05, 4.69) is 18.5 Å².